The molecule has 0 radical (unpaired) electrons. The van der Waals surface area contributed by atoms with Crippen LogP contribution in [0.3, 0.4) is 0 Å². The average molecular weight is 288 g/mol. The molecule has 0 aromatic heterocycles. The van der Waals surface area contributed by atoms with Crippen molar-refractivity contribution in [3.05, 3.63) is 33.9 Å². The summed E-state index contributed by atoms with van der Waals surface area (Å²) in [5.41, 5.74) is 0.395. The first-order valence-electron chi connectivity index (χ1n) is 6.82. The maximum absolute atomic E-state index is 11.5. The highest BCUT2D eigenvalue weighted by Crippen LogP contribution is 2.22. The molecular formula is C14H16N4O3. The second kappa shape index (κ2) is 6.70. The summed E-state index contributed by atoms with van der Waals surface area (Å²) in [5.74, 6) is 0.0464. The van der Waals surface area contributed by atoms with Crippen LogP contribution in [-0.4, -0.2) is 23.4 Å². The Balaban J connectivity index is 1.80. The maximum atomic E-state index is 11.5. The van der Waals surface area contributed by atoms with E-state index in [0.29, 0.717) is 31.1 Å². The normalized spacial score (nSPS) is 13.3. The van der Waals surface area contributed by atoms with Gasteiger partial charge in [0.05, 0.1) is 4.92 Å². The average Bonchev–Trinajstić information content (AvgIpc) is 3.27. The molecule has 0 aliphatic heterocycles. The Morgan fingerprint density at radius 2 is 2.24 bits per heavy atom. The van der Waals surface area contributed by atoms with E-state index in [-0.39, 0.29) is 17.2 Å². The van der Waals surface area contributed by atoms with Crippen molar-refractivity contribution >= 4 is 17.3 Å². The fourth-order valence-corrected chi connectivity index (χ4v) is 1.90. The van der Waals surface area contributed by atoms with Crippen molar-refractivity contribution < 1.29 is 9.72 Å². The molecule has 2 rings (SSSR count). The molecule has 1 saturated carbocycles. The first kappa shape index (κ1) is 14.8. The van der Waals surface area contributed by atoms with Gasteiger partial charge in [0.15, 0.2) is 0 Å². The van der Waals surface area contributed by atoms with Gasteiger partial charge in [-0.3, -0.25) is 14.9 Å². The number of nitriles is 1. The van der Waals surface area contributed by atoms with Crippen LogP contribution in [0, 0.1) is 21.4 Å². The quantitative estimate of drug-likeness (QED) is 0.453. The van der Waals surface area contributed by atoms with Gasteiger partial charge < -0.3 is 10.6 Å². The standard InChI is InChI=1S/C14H16N4O3/c15-9-10-3-4-12(8-13(10)18(20)21)16-7-1-2-14(19)17-11-5-6-11/h3-4,8,11,16H,1-2,5-7H2,(H,17,19). The lowest BCUT2D eigenvalue weighted by molar-refractivity contribution is -0.385. The van der Waals surface area contributed by atoms with E-state index in [4.69, 9.17) is 5.26 Å². The van der Waals surface area contributed by atoms with Crippen molar-refractivity contribution in [3.63, 3.8) is 0 Å². The van der Waals surface area contributed by atoms with Gasteiger partial charge >= 0.3 is 0 Å². The molecule has 0 heterocycles. The minimum atomic E-state index is -0.577. The highest BCUT2D eigenvalue weighted by atomic mass is 16.6. The smallest absolute Gasteiger partial charge is 0.289 e. The van der Waals surface area contributed by atoms with E-state index in [2.05, 4.69) is 10.6 Å². The molecule has 1 aromatic rings. The van der Waals surface area contributed by atoms with E-state index in [1.807, 2.05) is 0 Å². The Hall–Kier alpha value is -2.62. The molecule has 7 heteroatoms. The molecule has 0 bridgehead atoms. The number of nitro benzene ring substituents is 1. The number of hydrogen-bond acceptors (Lipinski definition) is 5. The molecule has 110 valence electrons. The number of nitro groups is 1. The third kappa shape index (κ3) is 4.45. The van der Waals surface area contributed by atoms with Crippen LogP contribution in [0.5, 0.6) is 0 Å². The van der Waals surface area contributed by atoms with Gasteiger partial charge in [-0.25, -0.2) is 0 Å². The number of hydrogen-bond donors (Lipinski definition) is 2. The van der Waals surface area contributed by atoms with Gasteiger partial charge in [0.2, 0.25) is 5.91 Å². The number of nitrogens with one attached hydrogen (secondary N) is 2. The summed E-state index contributed by atoms with van der Waals surface area (Å²) >= 11 is 0. The maximum Gasteiger partial charge on any atom is 0.289 e. The third-order valence-electron chi connectivity index (χ3n) is 3.17. The molecule has 7 nitrogen and oxygen atoms in total. The predicted octanol–water partition coefficient (Wildman–Crippen LogP) is 1.94. The van der Waals surface area contributed by atoms with Crippen LogP contribution in [-0.2, 0) is 4.79 Å². The molecule has 1 aromatic carbocycles. The van der Waals surface area contributed by atoms with Gasteiger partial charge in [-0.2, -0.15) is 5.26 Å². The summed E-state index contributed by atoms with van der Waals surface area (Å²) in [4.78, 5) is 21.7. The Bertz CT molecular complexity index is 590. The molecule has 0 atom stereocenters. The van der Waals surface area contributed by atoms with Crippen molar-refractivity contribution in [3.8, 4) is 6.07 Å². The van der Waals surface area contributed by atoms with Crippen LogP contribution < -0.4 is 10.6 Å². The second-order valence-corrected chi connectivity index (χ2v) is 4.97. The molecular weight excluding hydrogens is 272 g/mol. The lowest BCUT2D eigenvalue weighted by Crippen LogP contribution is -2.25. The molecule has 21 heavy (non-hydrogen) atoms. The number of anilines is 1. The van der Waals surface area contributed by atoms with Gasteiger partial charge in [-0.05, 0) is 31.4 Å². The van der Waals surface area contributed by atoms with Crippen molar-refractivity contribution in [2.45, 2.75) is 31.7 Å². The summed E-state index contributed by atoms with van der Waals surface area (Å²) in [6, 6.07) is 6.53. The second-order valence-electron chi connectivity index (χ2n) is 4.97. The zero-order valence-corrected chi connectivity index (χ0v) is 11.5. The molecule has 1 amide bonds. The van der Waals surface area contributed by atoms with Gasteiger partial charge in [-0.1, -0.05) is 0 Å². The first-order valence-corrected chi connectivity index (χ1v) is 6.82. The summed E-state index contributed by atoms with van der Waals surface area (Å²) in [5, 5.41) is 25.5. The zero-order chi connectivity index (χ0) is 15.2. The number of amides is 1. The van der Waals surface area contributed by atoms with Crippen LogP contribution in [0.1, 0.15) is 31.2 Å². The van der Waals surface area contributed by atoms with Crippen LogP contribution in [0.15, 0.2) is 18.2 Å². The third-order valence-corrected chi connectivity index (χ3v) is 3.17. The fourth-order valence-electron chi connectivity index (χ4n) is 1.90. The number of benzene rings is 1. The Kier molecular flexibility index (Phi) is 4.72. The molecule has 0 saturated heterocycles. The van der Waals surface area contributed by atoms with E-state index >= 15 is 0 Å². The van der Waals surface area contributed by atoms with E-state index in [1.165, 1.54) is 12.1 Å². The van der Waals surface area contributed by atoms with E-state index < -0.39 is 4.92 Å². The highest BCUT2D eigenvalue weighted by Gasteiger charge is 2.22. The van der Waals surface area contributed by atoms with Crippen molar-refractivity contribution in [2.24, 2.45) is 0 Å². The van der Waals surface area contributed by atoms with Crippen molar-refractivity contribution in [2.75, 3.05) is 11.9 Å². The topological polar surface area (TPSA) is 108 Å². The van der Waals surface area contributed by atoms with Crippen molar-refractivity contribution in [1.29, 1.82) is 5.26 Å². The molecule has 2 N–H and O–H groups in total. The zero-order valence-electron chi connectivity index (χ0n) is 11.5. The van der Waals surface area contributed by atoms with Crippen LogP contribution in [0.25, 0.3) is 0 Å². The van der Waals surface area contributed by atoms with Gasteiger partial charge in [-0.15, -0.1) is 0 Å². The Morgan fingerprint density at radius 1 is 1.48 bits per heavy atom. The van der Waals surface area contributed by atoms with Crippen molar-refractivity contribution in [1.82, 2.24) is 5.32 Å². The lowest BCUT2D eigenvalue weighted by Gasteiger charge is -2.07. The van der Waals surface area contributed by atoms with Gasteiger partial charge in [0.1, 0.15) is 11.6 Å². The summed E-state index contributed by atoms with van der Waals surface area (Å²) in [7, 11) is 0. The van der Waals surface area contributed by atoms with Crippen LogP contribution in [0.2, 0.25) is 0 Å². The number of carbonyl (C=O) groups is 1. The Labute approximate surface area is 122 Å². The SMILES string of the molecule is N#Cc1ccc(NCCCC(=O)NC2CC2)cc1[N+](=O)[O-]. The van der Waals surface area contributed by atoms with Crippen LogP contribution >= 0.6 is 0 Å². The van der Waals surface area contributed by atoms with Crippen LogP contribution in [0.4, 0.5) is 11.4 Å². The summed E-state index contributed by atoms with van der Waals surface area (Å²) in [6.45, 7) is 0.543. The van der Waals surface area contributed by atoms with E-state index in [9.17, 15) is 14.9 Å². The molecule has 0 spiro atoms. The molecule has 1 aliphatic carbocycles. The predicted molar refractivity (Wildman–Crippen MR) is 76.7 cm³/mol. The number of nitrogens with zero attached hydrogens (tertiary/aromatic N) is 2. The van der Waals surface area contributed by atoms with E-state index in [1.54, 1.807) is 12.1 Å². The number of rotatable bonds is 7. The van der Waals surface area contributed by atoms with Gasteiger partial charge in [0, 0.05) is 30.8 Å². The summed E-state index contributed by atoms with van der Waals surface area (Å²) in [6.07, 6.45) is 3.21. The number of carbonyl (C=O) groups excluding carboxylic acids is 1. The van der Waals surface area contributed by atoms with E-state index in [0.717, 1.165) is 12.8 Å². The van der Waals surface area contributed by atoms with Gasteiger partial charge in [0.25, 0.3) is 5.69 Å². The summed E-state index contributed by atoms with van der Waals surface area (Å²) < 4.78 is 0. The molecule has 1 aliphatic rings. The highest BCUT2D eigenvalue weighted by molar-refractivity contribution is 5.76. The fraction of sp³-hybridized carbons (Fsp3) is 0.429. The monoisotopic (exact) mass is 288 g/mol. The molecule has 1 fully saturated rings. The lowest BCUT2D eigenvalue weighted by atomic mass is 10.1. The molecule has 0 unspecified atom stereocenters. The Morgan fingerprint density at radius 3 is 2.86 bits per heavy atom. The minimum Gasteiger partial charge on any atom is -0.385 e. The first-order chi connectivity index (χ1) is 10.1. The largest absolute Gasteiger partial charge is 0.385 e. The minimum absolute atomic E-state index is 0.0364.